The van der Waals surface area contributed by atoms with E-state index in [2.05, 4.69) is 63.0 Å². The molecule has 0 N–H and O–H groups in total. The molecular weight excluding hydrogens is 488 g/mol. The predicted octanol–water partition coefficient (Wildman–Crippen LogP) is 3.56. The maximum Gasteiger partial charge on any atom is 0.319 e. The Balaban J connectivity index is 1.22. The van der Waals surface area contributed by atoms with Crippen LogP contribution < -0.4 is 14.5 Å². The molecule has 39 heavy (non-hydrogen) atoms. The summed E-state index contributed by atoms with van der Waals surface area (Å²) in [6, 6.07) is 19.6. The number of aromatic nitrogens is 2. The van der Waals surface area contributed by atoms with Crippen LogP contribution in [-0.4, -0.2) is 98.9 Å². The molecule has 8 nitrogen and oxygen atoms in total. The Morgan fingerprint density at radius 2 is 1.59 bits per heavy atom. The maximum atomic E-state index is 6.17. The molecule has 0 saturated carbocycles. The van der Waals surface area contributed by atoms with Gasteiger partial charge in [0.15, 0.2) is 0 Å². The van der Waals surface area contributed by atoms with Crippen LogP contribution in [0.3, 0.4) is 0 Å². The van der Waals surface area contributed by atoms with Gasteiger partial charge in [-0.15, -0.1) is 0 Å². The van der Waals surface area contributed by atoms with Crippen LogP contribution in [0, 0.1) is 0 Å². The first kappa shape index (κ1) is 26.0. The highest BCUT2D eigenvalue weighted by molar-refractivity contribution is 5.73. The zero-order valence-electron chi connectivity index (χ0n) is 23.1. The van der Waals surface area contributed by atoms with Gasteiger partial charge in [0.2, 0.25) is 0 Å². The predicted molar refractivity (Wildman–Crippen MR) is 156 cm³/mol. The van der Waals surface area contributed by atoms with Gasteiger partial charge < -0.3 is 24.2 Å². The first-order valence-corrected chi connectivity index (χ1v) is 14.4. The lowest BCUT2D eigenvalue weighted by Crippen LogP contribution is -2.44. The molecule has 2 aromatic carbocycles. The summed E-state index contributed by atoms with van der Waals surface area (Å²) in [5.41, 5.74) is 5.76. The Hall–Kier alpha value is -3.20. The zero-order chi connectivity index (χ0) is 26.4. The Morgan fingerprint density at radius 3 is 2.36 bits per heavy atom. The third-order valence-corrected chi connectivity index (χ3v) is 8.12. The molecule has 0 bridgehead atoms. The van der Waals surface area contributed by atoms with E-state index in [0.717, 1.165) is 108 Å². The summed E-state index contributed by atoms with van der Waals surface area (Å²) in [7, 11) is 2.19. The number of nitrogens with zero attached hydrogens (tertiary/aromatic N) is 6. The third kappa shape index (κ3) is 6.35. The first-order chi connectivity index (χ1) is 19.2. The minimum Gasteiger partial charge on any atom is -0.459 e. The number of benzene rings is 2. The Kier molecular flexibility index (Phi) is 8.23. The molecule has 0 aliphatic carbocycles. The number of anilines is 2. The van der Waals surface area contributed by atoms with Gasteiger partial charge in [-0.3, -0.25) is 4.90 Å². The maximum absolute atomic E-state index is 6.17. The van der Waals surface area contributed by atoms with Gasteiger partial charge in [-0.05, 0) is 37.6 Å². The molecule has 0 atom stereocenters. The van der Waals surface area contributed by atoms with E-state index in [9.17, 15) is 0 Å². The number of ether oxygens (including phenoxy) is 2. The highest BCUT2D eigenvalue weighted by atomic mass is 16.5. The van der Waals surface area contributed by atoms with Gasteiger partial charge in [-0.25, -0.2) is 0 Å². The topological polar surface area (TPSA) is 57.2 Å². The normalized spacial score (nSPS) is 18.4. The number of rotatable bonds is 9. The van der Waals surface area contributed by atoms with E-state index in [1.807, 2.05) is 18.2 Å². The van der Waals surface area contributed by atoms with Crippen molar-refractivity contribution in [1.82, 2.24) is 19.8 Å². The Bertz CT molecular complexity index is 1210. The number of fused-ring (bicyclic) bond motifs is 1. The van der Waals surface area contributed by atoms with Crippen LogP contribution in [-0.2, 0) is 17.8 Å². The fraction of sp³-hybridized carbons (Fsp3) is 0.484. The quantitative estimate of drug-likeness (QED) is 0.418. The molecule has 3 aliphatic rings. The summed E-state index contributed by atoms with van der Waals surface area (Å²) in [4.78, 5) is 19.7. The molecule has 2 fully saturated rings. The summed E-state index contributed by atoms with van der Waals surface area (Å²) in [6.07, 6.45) is 2.07. The van der Waals surface area contributed by atoms with Gasteiger partial charge >= 0.3 is 6.01 Å². The fourth-order valence-corrected chi connectivity index (χ4v) is 5.74. The van der Waals surface area contributed by atoms with Crippen molar-refractivity contribution in [3.63, 3.8) is 0 Å². The summed E-state index contributed by atoms with van der Waals surface area (Å²) < 4.78 is 11.7. The lowest BCUT2D eigenvalue weighted by Gasteiger charge is -2.34. The molecule has 3 aromatic rings. The highest BCUT2D eigenvalue weighted by Gasteiger charge is 2.27. The monoisotopic (exact) mass is 528 g/mol. The molecule has 0 spiro atoms. The van der Waals surface area contributed by atoms with E-state index >= 15 is 0 Å². The Labute approximate surface area is 232 Å². The zero-order valence-corrected chi connectivity index (χ0v) is 23.1. The smallest absolute Gasteiger partial charge is 0.319 e. The standard InChI is InChI=1S/C31H40N6O2/c1-34-16-18-36(19-17-34)27-10-8-26(9-11-27)29-28-12-15-37(14-5-13-35-20-22-38-23-21-35)30(28)33-31(32-29)39-24-25-6-3-2-4-7-25/h2-4,6-11H,5,12-24H2,1H3. The molecule has 4 heterocycles. The van der Waals surface area contributed by atoms with Gasteiger partial charge in [0.05, 0.1) is 18.9 Å². The van der Waals surface area contributed by atoms with E-state index in [1.54, 1.807) is 0 Å². The van der Waals surface area contributed by atoms with Crippen LogP contribution in [0.5, 0.6) is 6.01 Å². The van der Waals surface area contributed by atoms with Crippen LogP contribution >= 0.6 is 0 Å². The number of hydrogen-bond acceptors (Lipinski definition) is 8. The lowest BCUT2D eigenvalue weighted by molar-refractivity contribution is 0.0376. The number of piperazine rings is 1. The minimum absolute atomic E-state index is 0.454. The molecule has 3 aliphatic heterocycles. The molecule has 206 valence electrons. The van der Waals surface area contributed by atoms with E-state index < -0.39 is 0 Å². The van der Waals surface area contributed by atoms with Crippen LogP contribution in [0.1, 0.15) is 17.5 Å². The van der Waals surface area contributed by atoms with Crippen molar-refractivity contribution < 1.29 is 9.47 Å². The third-order valence-electron chi connectivity index (χ3n) is 8.12. The summed E-state index contributed by atoms with van der Waals surface area (Å²) in [6.45, 7) is 11.6. The molecule has 0 unspecified atom stereocenters. The van der Waals surface area contributed by atoms with Crippen molar-refractivity contribution in [2.24, 2.45) is 0 Å². The van der Waals surface area contributed by atoms with Crippen molar-refractivity contribution >= 4 is 11.5 Å². The number of hydrogen-bond donors (Lipinski definition) is 0. The number of likely N-dealkylation sites (N-methyl/N-ethyl adjacent to an activating group) is 1. The summed E-state index contributed by atoms with van der Waals surface area (Å²) in [5.74, 6) is 1.04. The van der Waals surface area contributed by atoms with Crippen molar-refractivity contribution in [3.05, 3.63) is 65.7 Å². The molecular formula is C31H40N6O2. The van der Waals surface area contributed by atoms with Crippen LogP contribution in [0.25, 0.3) is 11.3 Å². The lowest BCUT2D eigenvalue weighted by atomic mass is 10.0. The Morgan fingerprint density at radius 1 is 0.821 bits per heavy atom. The van der Waals surface area contributed by atoms with E-state index in [4.69, 9.17) is 19.4 Å². The number of morpholine rings is 1. The van der Waals surface area contributed by atoms with Gasteiger partial charge in [-0.2, -0.15) is 9.97 Å². The van der Waals surface area contributed by atoms with Gasteiger partial charge in [0.25, 0.3) is 0 Å². The second-order valence-electron chi connectivity index (χ2n) is 10.8. The molecule has 2 saturated heterocycles. The average Bonchev–Trinajstić information content (AvgIpc) is 3.40. The van der Waals surface area contributed by atoms with Crippen molar-refractivity contribution in [1.29, 1.82) is 0 Å². The van der Waals surface area contributed by atoms with Gasteiger partial charge in [0.1, 0.15) is 12.4 Å². The highest BCUT2D eigenvalue weighted by Crippen LogP contribution is 2.36. The SMILES string of the molecule is CN1CCN(c2ccc(-c3nc(OCc4ccccc4)nc4c3CCN4CCCN3CCOCC3)cc2)CC1. The average molecular weight is 529 g/mol. The van der Waals surface area contributed by atoms with Crippen molar-refractivity contribution in [3.8, 4) is 17.3 Å². The van der Waals surface area contributed by atoms with Gasteiger partial charge in [-0.1, -0.05) is 42.5 Å². The molecule has 0 amide bonds. The van der Waals surface area contributed by atoms with Crippen LogP contribution in [0.2, 0.25) is 0 Å². The molecule has 1 aromatic heterocycles. The summed E-state index contributed by atoms with van der Waals surface area (Å²) in [5, 5.41) is 0. The second kappa shape index (κ2) is 12.3. The van der Waals surface area contributed by atoms with Crippen LogP contribution in [0.15, 0.2) is 54.6 Å². The molecule has 6 rings (SSSR count). The van der Waals surface area contributed by atoms with Crippen molar-refractivity contribution in [2.75, 3.05) is 89.0 Å². The van der Waals surface area contributed by atoms with Crippen LogP contribution in [0.4, 0.5) is 11.5 Å². The molecule has 0 radical (unpaired) electrons. The van der Waals surface area contributed by atoms with E-state index in [-0.39, 0.29) is 0 Å². The van der Waals surface area contributed by atoms with E-state index in [0.29, 0.717) is 12.6 Å². The van der Waals surface area contributed by atoms with E-state index in [1.165, 1.54) is 11.3 Å². The minimum atomic E-state index is 0.454. The van der Waals surface area contributed by atoms with Gasteiger partial charge in [0, 0.05) is 75.7 Å². The largest absolute Gasteiger partial charge is 0.459 e. The fourth-order valence-electron chi connectivity index (χ4n) is 5.74. The summed E-state index contributed by atoms with van der Waals surface area (Å²) >= 11 is 0. The molecule has 8 heteroatoms. The first-order valence-electron chi connectivity index (χ1n) is 14.4. The van der Waals surface area contributed by atoms with Crippen molar-refractivity contribution in [2.45, 2.75) is 19.4 Å². The second-order valence-corrected chi connectivity index (χ2v) is 10.8.